The number of aryl methyl sites for hydroxylation is 1. The predicted molar refractivity (Wildman–Crippen MR) is 64.5 cm³/mol. The smallest absolute Gasteiger partial charge is 0.0995 e. The Kier molecular flexibility index (Phi) is 2.41. The molecule has 1 atom stereocenters. The first-order valence-corrected chi connectivity index (χ1v) is 5.90. The largest absolute Gasteiger partial charge is 0.327 e. The van der Waals surface area contributed by atoms with E-state index in [9.17, 15) is 5.26 Å². The van der Waals surface area contributed by atoms with Crippen molar-refractivity contribution in [1.82, 2.24) is 9.55 Å². The lowest BCUT2D eigenvalue weighted by Crippen LogP contribution is -2.18. The van der Waals surface area contributed by atoms with E-state index in [1.54, 1.807) is 0 Å². The second-order valence-corrected chi connectivity index (χ2v) is 4.40. The third-order valence-corrected chi connectivity index (χ3v) is 3.43. The molecule has 3 nitrogen and oxygen atoms in total. The number of fused-ring (bicyclic) bond motifs is 1. The van der Waals surface area contributed by atoms with Crippen molar-refractivity contribution in [2.75, 3.05) is 0 Å². The summed E-state index contributed by atoms with van der Waals surface area (Å²) in [6.45, 7) is 0. The van der Waals surface area contributed by atoms with Gasteiger partial charge >= 0.3 is 0 Å². The van der Waals surface area contributed by atoms with Crippen LogP contribution in [0, 0.1) is 11.3 Å². The van der Waals surface area contributed by atoms with Crippen molar-refractivity contribution >= 4 is 0 Å². The summed E-state index contributed by atoms with van der Waals surface area (Å²) in [5, 5.41) is 9.17. The van der Waals surface area contributed by atoms with Gasteiger partial charge in [0.15, 0.2) is 0 Å². The van der Waals surface area contributed by atoms with Crippen LogP contribution in [-0.2, 0) is 6.42 Å². The Balaban J connectivity index is 2.10. The molecule has 0 aliphatic carbocycles. The molecule has 1 aliphatic rings. The van der Waals surface area contributed by atoms with Crippen LogP contribution in [0.3, 0.4) is 0 Å². The second kappa shape index (κ2) is 4.06. The molecule has 0 saturated heterocycles. The average Bonchev–Trinajstić information content (AvgIpc) is 2.86. The van der Waals surface area contributed by atoms with Crippen LogP contribution in [0.2, 0.25) is 0 Å². The minimum Gasteiger partial charge on any atom is -0.327 e. The van der Waals surface area contributed by atoms with Crippen molar-refractivity contribution in [3.8, 4) is 6.07 Å². The predicted octanol–water partition coefficient (Wildman–Crippen LogP) is 2.68. The highest BCUT2D eigenvalue weighted by Gasteiger charge is 2.22. The summed E-state index contributed by atoms with van der Waals surface area (Å²) >= 11 is 0. The van der Waals surface area contributed by atoms with Crippen LogP contribution >= 0.6 is 0 Å². The number of aromatic nitrogens is 2. The lowest BCUT2D eigenvalue weighted by molar-refractivity contribution is 0.457. The molecule has 1 unspecified atom stereocenters. The van der Waals surface area contributed by atoms with Crippen molar-refractivity contribution < 1.29 is 0 Å². The van der Waals surface area contributed by atoms with E-state index in [0.29, 0.717) is 0 Å². The molecular weight excluding hydrogens is 210 g/mol. The molecule has 1 aromatic heterocycles. The van der Waals surface area contributed by atoms with Gasteiger partial charge in [-0.15, -0.1) is 0 Å². The minimum absolute atomic E-state index is 0.275. The zero-order chi connectivity index (χ0) is 11.7. The Hall–Kier alpha value is -2.08. The van der Waals surface area contributed by atoms with Gasteiger partial charge in [0.1, 0.15) is 0 Å². The fraction of sp³-hybridized carbons (Fsp3) is 0.286. The molecule has 2 aromatic rings. The third-order valence-electron chi connectivity index (χ3n) is 3.43. The van der Waals surface area contributed by atoms with Crippen molar-refractivity contribution in [2.45, 2.75) is 25.3 Å². The van der Waals surface area contributed by atoms with Gasteiger partial charge in [0.25, 0.3) is 0 Å². The fourth-order valence-corrected chi connectivity index (χ4v) is 2.62. The van der Waals surface area contributed by atoms with E-state index < -0.39 is 0 Å². The van der Waals surface area contributed by atoms with E-state index in [1.807, 2.05) is 30.7 Å². The van der Waals surface area contributed by atoms with Crippen LogP contribution in [0.1, 0.15) is 35.7 Å². The van der Waals surface area contributed by atoms with E-state index in [2.05, 4.69) is 21.7 Å². The normalized spacial score (nSPS) is 18.4. The van der Waals surface area contributed by atoms with Gasteiger partial charge in [-0.3, -0.25) is 0 Å². The molecule has 1 aliphatic heterocycles. The maximum Gasteiger partial charge on any atom is 0.0995 e. The molecule has 3 heteroatoms. The Bertz CT molecular complexity index is 577. The highest BCUT2D eigenvalue weighted by molar-refractivity contribution is 5.40. The Morgan fingerprint density at radius 2 is 2.24 bits per heavy atom. The lowest BCUT2D eigenvalue weighted by Gasteiger charge is -2.26. The van der Waals surface area contributed by atoms with Gasteiger partial charge in [0.05, 0.1) is 24.0 Å². The summed E-state index contributed by atoms with van der Waals surface area (Å²) in [4.78, 5) is 4.22. The van der Waals surface area contributed by atoms with Crippen molar-refractivity contribution in [3.05, 3.63) is 53.6 Å². The SMILES string of the molecule is N#Cc1ccccc1C1CCCc2cncn21. The Labute approximate surface area is 100 Å². The molecule has 84 valence electrons. The van der Waals surface area contributed by atoms with Crippen LogP contribution in [-0.4, -0.2) is 9.55 Å². The van der Waals surface area contributed by atoms with Crippen LogP contribution < -0.4 is 0 Å². The number of benzene rings is 1. The summed E-state index contributed by atoms with van der Waals surface area (Å²) < 4.78 is 2.21. The molecular formula is C14H13N3. The second-order valence-electron chi connectivity index (χ2n) is 4.40. The maximum absolute atomic E-state index is 9.17. The zero-order valence-corrected chi connectivity index (χ0v) is 9.50. The first-order chi connectivity index (χ1) is 8.40. The quantitative estimate of drug-likeness (QED) is 0.745. The summed E-state index contributed by atoms with van der Waals surface area (Å²) in [7, 11) is 0. The molecule has 0 radical (unpaired) electrons. The summed E-state index contributed by atoms with van der Waals surface area (Å²) in [6.07, 6.45) is 7.15. The van der Waals surface area contributed by atoms with Gasteiger partial charge in [0, 0.05) is 11.9 Å². The molecule has 0 saturated carbocycles. The number of hydrogen-bond donors (Lipinski definition) is 0. The molecule has 0 bridgehead atoms. The maximum atomic E-state index is 9.17. The molecule has 0 spiro atoms. The first kappa shape index (κ1) is 10.1. The number of rotatable bonds is 1. The van der Waals surface area contributed by atoms with Gasteiger partial charge in [-0.25, -0.2) is 4.98 Å². The van der Waals surface area contributed by atoms with Crippen LogP contribution in [0.4, 0.5) is 0 Å². The molecule has 3 rings (SSSR count). The zero-order valence-electron chi connectivity index (χ0n) is 9.50. The Morgan fingerprint density at radius 3 is 3.12 bits per heavy atom. The van der Waals surface area contributed by atoms with E-state index in [-0.39, 0.29) is 6.04 Å². The highest BCUT2D eigenvalue weighted by atomic mass is 15.1. The molecule has 0 amide bonds. The fourth-order valence-electron chi connectivity index (χ4n) is 2.62. The van der Waals surface area contributed by atoms with Gasteiger partial charge in [-0.1, -0.05) is 18.2 Å². The lowest BCUT2D eigenvalue weighted by atomic mass is 9.93. The van der Waals surface area contributed by atoms with E-state index in [0.717, 1.165) is 30.4 Å². The number of imidazole rings is 1. The van der Waals surface area contributed by atoms with Crippen LogP contribution in [0.5, 0.6) is 0 Å². The number of nitriles is 1. The van der Waals surface area contributed by atoms with Crippen molar-refractivity contribution in [1.29, 1.82) is 5.26 Å². The van der Waals surface area contributed by atoms with Crippen LogP contribution in [0.25, 0.3) is 0 Å². The molecule has 0 fully saturated rings. The van der Waals surface area contributed by atoms with Gasteiger partial charge in [-0.05, 0) is 30.9 Å². The van der Waals surface area contributed by atoms with Crippen molar-refractivity contribution in [2.24, 2.45) is 0 Å². The summed E-state index contributed by atoms with van der Waals surface area (Å²) in [6, 6.07) is 10.4. The van der Waals surface area contributed by atoms with Gasteiger partial charge in [0.2, 0.25) is 0 Å². The Morgan fingerprint density at radius 1 is 1.35 bits per heavy atom. The van der Waals surface area contributed by atoms with E-state index >= 15 is 0 Å². The standard InChI is InChI=1S/C14H13N3/c15-8-11-4-1-2-6-13(11)14-7-3-5-12-9-16-10-17(12)14/h1-2,4,6,9-10,14H,3,5,7H2. The topological polar surface area (TPSA) is 41.6 Å². The highest BCUT2D eigenvalue weighted by Crippen LogP contribution is 2.31. The molecule has 2 heterocycles. The van der Waals surface area contributed by atoms with E-state index in [1.165, 1.54) is 5.69 Å². The molecule has 0 N–H and O–H groups in total. The first-order valence-electron chi connectivity index (χ1n) is 5.90. The van der Waals surface area contributed by atoms with Gasteiger partial charge < -0.3 is 4.57 Å². The van der Waals surface area contributed by atoms with E-state index in [4.69, 9.17) is 0 Å². The third kappa shape index (κ3) is 1.62. The molecule has 1 aromatic carbocycles. The number of nitrogens with zero attached hydrogens (tertiary/aromatic N) is 3. The summed E-state index contributed by atoms with van der Waals surface area (Å²) in [5.74, 6) is 0. The summed E-state index contributed by atoms with van der Waals surface area (Å²) in [5.41, 5.74) is 3.17. The average molecular weight is 223 g/mol. The number of hydrogen-bond acceptors (Lipinski definition) is 2. The van der Waals surface area contributed by atoms with Crippen molar-refractivity contribution in [3.63, 3.8) is 0 Å². The molecule has 17 heavy (non-hydrogen) atoms. The van der Waals surface area contributed by atoms with Crippen LogP contribution in [0.15, 0.2) is 36.8 Å². The monoisotopic (exact) mass is 223 g/mol. The van der Waals surface area contributed by atoms with Gasteiger partial charge in [-0.2, -0.15) is 5.26 Å². The minimum atomic E-state index is 0.275.